The van der Waals surface area contributed by atoms with E-state index in [9.17, 15) is 4.79 Å². The third kappa shape index (κ3) is 1.56. The van der Waals surface area contributed by atoms with Gasteiger partial charge in [0.1, 0.15) is 0 Å². The highest BCUT2D eigenvalue weighted by atomic mass is 79.9. The predicted molar refractivity (Wildman–Crippen MR) is 56.0 cm³/mol. The Labute approximate surface area is 84.8 Å². The Hall–Kier alpha value is -0.960. The largest absolute Gasteiger partial charge is 0.292 e. The molecular weight excluding hydrogens is 230 g/mol. The average molecular weight is 238 g/mol. The number of halogens is 1. The van der Waals surface area contributed by atoms with Crippen LogP contribution < -0.4 is 0 Å². The van der Waals surface area contributed by atoms with Gasteiger partial charge < -0.3 is 0 Å². The highest BCUT2D eigenvalue weighted by molar-refractivity contribution is 9.09. The van der Waals surface area contributed by atoms with Gasteiger partial charge in [-0.1, -0.05) is 34.1 Å². The van der Waals surface area contributed by atoms with Crippen LogP contribution in [0.3, 0.4) is 0 Å². The number of rotatable bonds is 2. The van der Waals surface area contributed by atoms with Gasteiger partial charge in [-0.15, -0.1) is 0 Å². The van der Waals surface area contributed by atoms with E-state index in [1.807, 2.05) is 24.3 Å². The highest BCUT2D eigenvalue weighted by Crippen LogP contribution is 2.26. The monoisotopic (exact) mass is 237 g/mol. The molecule has 2 rings (SSSR count). The van der Waals surface area contributed by atoms with Crippen LogP contribution in [0, 0.1) is 0 Å². The molecule has 0 aromatic heterocycles. The van der Waals surface area contributed by atoms with E-state index in [0.29, 0.717) is 17.5 Å². The SMILES string of the molecule is O=C(CBr)C1=Nc2ccccc2C1. The molecule has 1 heterocycles. The van der Waals surface area contributed by atoms with Gasteiger partial charge in [-0.05, 0) is 11.6 Å². The number of benzene rings is 1. The molecule has 0 amide bonds. The summed E-state index contributed by atoms with van der Waals surface area (Å²) in [4.78, 5) is 15.6. The van der Waals surface area contributed by atoms with Crippen LogP contribution in [0.15, 0.2) is 29.3 Å². The summed E-state index contributed by atoms with van der Waals surface area (Å²) in [6.45, 7) is 0. The fourth-order valence-corrected chi connectivity index (χ4v) is 1.70. The molecule has 2 nitrogen and oxygen atoms in total. The van der Waals surface area contributed by atoms with Crippen LogP contribution in [0.1, 0.15) is 5.56 Å². The standard InChI is InChI=1S/C10H8BrNO/c11-6-10(13)9-5-7-3-1-2-4-8(7)12-9/h1-4H,5-6H2. The topological polar surface area (TPSA) is 29.4 Å². The molecule has 0 aliphatic carbocycles. The van der Waals surface area contributed by atoms with E-state index in [-0.39, 0.29) is 5.78 Å². The zero-order valence-corrected chi connectivity index (χ0v) is 8.54. The lowest BCUT2D eigenvalue weighted by molar-refractivity contribution is -0.110. The number of fused-ring (bicyclic) bond motifs is 1. The Morgan fingerprint density at radius 1 is 1.46 bits per heavy atom. The molecule has 0 bridgehead atoms. The first-order chi connectivity index (χ1) is 6.31. The van der Waals surface area contributed by atoms with Gasteiger partial charge in [0.15, 0.2) is 5.78 Å². The van der Waals surface area contributed by atoms with E-state index in [1.165, 1.54) is 0 Å². The summed E-state index contributed by atoms with van der Waals surface area (Å²) >= 11 is 3.14. The van der Waals surface area contributed by atoms with Crippen molar-refractivity contribution in [3.05, 3.63) is 29.8 Å². The van der Waals surface area contributed by atoms with E-state index in [2.05, 4.69) is 20.9 Å². The highest BCUT2D eigenvalue weighted by Gasteiger charge is 2.18. The van der Waals surface area contributed by atoms with Crippen LogP contribution in [0.4, 0.5) is 5.69 Å². The summed E-state index contributed by atoms with van der Waals surface area (Å²) in [5.74, 6) is 0.0798. The molecule has 0 N–H and O–H groups in total. The first kappa shape index (κ1) is 8.63. The quantitative estimate of drug-likeness (QED) is 0.726. The van der Waals surface area contributed by atoms with Gasteiger partial charge in [0.25, 0.3) is 0 Å². The van der Waals surface area contributed by atoms with Crippen LogP contribution in [0.5, 0.6) is 0 Å². The fraction of sp³-hybridized carbons (Fsp3) is 0.200. The minimum Gasteiger partial charge on any atom is -0.292 e. The van der Waals surface area contributed by atoms with Crippen molar-refractivity contribution in [3.8, 4) is 0 Å². The van der Waals surface area contributed by atoms with Crippen LogP contribution in [0.2, 0.25) is 0 Å². The lowest BCUT2D eigenvalue weighted by atomic mass is 10.1. The van der Waals surface area contributed by atoms with Gasteiger partial charge in [-0.25, -0.2) is 4.99 Å². The smallest absolute Gasteiger partial charge is 0.187 e. The van der Waals surface area contributed by atoms with E-state index in [0.717, 1.165) is 11.3 Å². The van der Waals surface area contributed by atoms with E-state index >= 15 is 0 Å². The minimum atomic E-state index is 0.0798. The summed E-state index contributed by atoms with van der Waals surface area (Å²) < 4.78 is 0. The summed E-state index contributed by atoms with van der Waals surface area (Å²) in [5, 5.41) is 0.361. The number of aliphatic imine (C=N–C) groups is 1. The molecule has 0 unspecified atom stereocenters. The molecule has 0 saturated carbocycles. The Morgan fingerprint density at radius 2 is 2.23 bits per heavy atom. The van der Waals surface area contributed by atoms with Crippen LogP contribution in [-0.4, -0.2) is 16.8 Å². The van der Waals surface area contributed by atoms with Crippen LogP contribution >= 0.6 is 15.9 Å². The van der Waals surface area contributed by atoms with Gasteiger partial charge in [-0.3, -0.25) is 4.79 Å². The normalized spacial score (nSPS) is 13.8. The van der Waals surface area contributed by atoms with E-state index < -0.39 is 0 Å². The number of ketones is 1. The second kappa shape index (κ2) is 3.42. The molecule has 1 aliphatic heterocycles. The summed E-state index contributed by atoms with van der Waals surface area (Å²) in [5.41, 5.74) is 2.75. The first-order valence-corrected chi connectivity index (χ1v) is 5.18. The van der Waals surface area contributed by atoms with Crippen molar-refractivity contribution in [3.63, 3.8) is 0 Å². The molecule has 13 heavy (non-hydrogen) atoms. The van der Waals surface area contributed by atoms with Gasteiger partial charge >= 0.3 is 0 Å². The number of carbonyl (C=O) groups is 1. The molecule has 1 aromatic carbocycles. The number of nitrogens with zero attached hydrogens (tertiary/aromatic N) is 1. The van der Waals surface area contributed by atoms with Gasteiger partial charge in [0.2, 0.25) is 0 Å². The van der Waals surface area contributed by atoms with Crippen molar-refractivity contribution in [2.75, 3.05) is 5.33 Å². The Morgan fingerprint density at radius 3 is 2.92 bits per heavy atom. The third-order valence-electron chi connectivity index (χ3n) is 2.05. The molecule has 0 fully saturated rings. The minimum absolute atomic E-state index is 0.0798. The fourth-order valence-electron chi connectivity index (χ4n) is 1.37. The molecule has 66 valence electrons. The average Bonchev–Trinajstić information content (AvgIpc) is 2.59. The van der Waals surface area contributed by atoms with Crippen molar-refractivity contribution in [1.82, 2.24) is 0 Å². The molecule has 0 saturated heterocycles. The lowest BCUT2D eigenvalue weighted by Gasteiger charge is -1.93. The van der Waals surface area contributed by atoms with E-state index in [4.69, 9.17) is 0 Å². The second-order valence-corrected chi connectivity index (χ2v) is 3.48. The summed E-state index contributed by atoms with van der Waals surface area (Å²) in [7, 11) is 0. The lowest BCUT2D eigenvalue weighted by Crippen LogP contribution is -2.14. The van der Waals surface area contributed by atoms with Crippen LogP contribution in [0.25, 0.3) is 0 Å². The predicted octanol–water partition coefficient (Wildman–Crippen LogP) is 2.28. The second-order valence-electron chi connectivity index (χ2n) is 2.92. The zero-order valence-electron chi connectivity index (χ0n) is 6.96. The number of alkyl halides is 1. The maximum absolute atomic E-state index is 11.3. The van der Waals surface area contributed by atoms with Crippen molar-refractivity contribution < 1.29 is 4.79 Å². The molecule has 0 spiro atoms. The maximum Gasteiger partial charge on any atom is 0.187 e. The first-order valence-electron chi connectivity index (χ1n) is 4.06. The number of hydrogen-bond acceptors (Lipinski definition) is 2. The number of para-hydroxylation sites is 1. The Kier molecular flexibility index (Phi) is 2.27. The van der Waals surface area contributed by atoms with Crippen molar-refractivity contribution in [1.29, 1.82) is 0 Å². The number of Topliss-reactive ketones (excluding diaryl/α,β-unsaturated/α-hetero) is 1. The molecule has 1 aliphatic rings. The van der Waals surface area contributed by atoms with E-state index in [1.54, 1.807) is 0 Å². The number of hydrogen-bond donors (Lipinski definition) is 0. The van der Waals surface area contributed by atoms with Crippen molar-refractivity contribution in [2.24, 2.45) is 4.99 Å². The van der Waals surface area contributed by atoms with Gasteiger partial charge in [0.05, 0.1) is 16.7 Å². The van der Waals surface area contributed by atoms with Gasteiger partial charge in [0, 0.05) is 6.42 Å². The molecule has 0 atom stereocenters. The molecule has 1 aromatic rings. The zero-order chi connectivity index (χ0) is 9.26. The van der Waals surface area contributed by atoms with Crippen molar-refractivity contribution >= 4 is 33.1 Å². The summed E-state index contributed by atoms with van der Waals surface area (Å²) in [6.07, 6.45) is 0.681. The molecule has 0 radical (unpaired) electrons. The Bertz CT molecular complexity index is 384. The van der Waals surface area contributed by atoms with Crippen molar-refractivity contribution in [2.45, 2.75) is 6.42 Å². The third-order valence-corrected chi connectivity index (χ3v) is 2.56. The summed E-state index contributed by atoms with van der Waals surface area (Å²) in [6, 6.07) is 7.84. The molecule has 3 heteroatoms. The number of carbonyl (C=O) groups excluding carboxylic acids is 1. The molecular formula is C10H8BrNO. The Balaban J connectivity index is 2.31. The van der Waals surface area contributed by atoms with Crippen LogP contribution in [-0.2, 0) is 11.2 Å². The maximum atomic E-state index is 11.3. The van der Waals surface area contributed by atoms with Gasteiger partial charge in [-0.2, -0.15) is 0 Å².